The lowest BCUT2D eigenvalue weighted by Crippen LogP contribution is -2.29. The molecule has 2 unspecified atom stereocenters. The summed E-state index contributed by atoms with van der Waals surface area (Å²) < 4.78 is 32.6. The van der Waals surface area contributed by atoms with Gasteiger partial charge in [0.2, 0.25) is 0 Å². The maximum absolute atomic E-state index is 12.5. The Labute approximate surface area is 346 Å². The van der Waals surface area contributed by atoms with Crippen LogP contribution in [0, 0.1) is 0 Å². The topological polar surface area (TPSA) is 134 Å². The second-order valence-electron chi connectivity index (χ2n) is 13.5. The average molecular weight is 814 g/mol. The largest absolute Gasteiger partial charge is 0.472 e. The minimum Gasteiger partial charge on any atom is -0.462 e. The van der Waals surface area contributed by atoms with Crippen molar-refractivity contribution in [3.8, 4) is 0 Å². The summed E-state index contributed by atoms with van der Waals surface area (Å²) >= 11 is 0. The molecule has 9 nitrogen and oxygen atoms in total. The summed E-state index contributed by atoms with van der Waals surface area (Å²) in [6.45, 7) is 3.44. The second-order valence-corrected chi connectivity index (χ2v) is 14.9. The number of ether oxygens (including phenoxy) is 2. The van der Waals surface area contributed by atoms with Crippen molar-refractivity contribution in [1.82, 2.24) is 0 Å². The first-order valence-corrected chi connectivity index (χ1v) is 22.9. The Morgan fingerprint density at radius 2 is 1.00 bits per heavy atom. The number of allylic oxidation sites excluding steroid dienone is 18. The number of rotatable bonds is 38. The lowest BCUT2D eigenvalue weighted by molar-refractivity contribution is -0.161. The van der Waals surface area contributed by atoms with E-state index in [4.69, 9.17) is 24.3 Å². The smallest absolute Gasteiger partial charge is 0.462 e. The normalized spacial score (nSPS) is 14.4. The Morgan fingerprint density at radius 1 is 0.544 bits per heavy atom. The molecule has 10 heteroatoms. The Morgan fingerprint density at radius 3 is 1.51 bits per heavy atom. The molecule has 0 saturated carbocycles. The second kappa shape index (κ2) is 42.3. The first kappa shape index (κ1) is 53.7. The molecule has 0 bridgehead atoms. The van der Waals surface area contributed by atoms with Gasteiger partial charge in [0.15, 0.2) is 6.10 Å². The molecule has 3 N–H and O–H groups in total. The van der Waals surface area contributed by atoms with Gasteiger partial charge in [-0.2, -0.15) is 0 Å². The molecular weight excluding hydrogens is 737 g/mol. The van der Waals surface area contributed by atoms with Crippen LogP contribution in [0.3, 0.4) is 0 Å². The van der Waals surface area contributed by atoms with Crippen molar-refractivity contribution in [3.63, 3.8) is 0 Å². The molecule has 57 heavy (non-hydrogen) atoms. The van der Waals surface area contributed by atoms with Crippen molar-refractivity contribution in [2.45, 2.75) is 148 Å². The predicted octanol–water partition coefficient (Wildman–Crippen LogP) is 12.4. The van der Waals surface area contributed by atoms with E-state index in [1.165, 1.54) is 38.5 Å². The van der Waals surface area contributed by atoms with E-state index in [0.717, 1.165) is 57.8 Å². The quantitative estimate of drug-likeness (QED) is 0.0270. The molecule has 0 saturated heterocycles. The highest BCUT2D eigenvalue weighted by molar-refractivity contribution is 7.47. The van der Waals surface area contributed by atoms with Crippen LogP contribution in [0.15, 0.2) is 109 Å². The van der Waals surface area contributed by atoms with E-state index in [1.54, 1.807) is 0 Å². The van der Waals surface area contributed by atoms with Crippen LogP contribution in [0.5, 0.6) is 0 Å². The predicted molar refractivity (Wildman–Crippen MR) is 238 cm³/mol. The van der Waals surface area contributed by atoms with Gasteiger partial charge >= 0.3 is 19.8 Å². The number of unbranched alkanes of at least 4 members (excludes halogenated alkanes) is 7. The highest BCUT2D eigenvalue weighted by Gasteiger charge is 2.25. The molecule has 0 radical (unpaired) electrons. The van der Waals surface area contributed by atoms with Gasteiger partial charge in [0.05, 0.1) is 13.2 Å². The fraction of sp³-hybridized carbons (Fsp3) is 0.574. The van der Waals surface area contributed by atoms with Gasteiger partial charge in [0.25, 0.3) is 0 Å². The zero-order valence-electron chi connectivity index (χ0n) is 35.3. The van der Waals surface area contributed by atoms with Crippen LogP contribution in [-0.2, 0) is 32.7 Å². The minimum atomic E-state index is -4.41. The molecule has 0 rings (SSSR count). The van der Waals surface area contributed by atoms with Crippen LogP contribution in [0.1, 0.15) is 142 Å². The molecular formula is C47H76NO8P. The van der Waals surface area contributed by atoms with E-state index >= 15 is 0 Å². The number of hydrogen-bond acceptors (Lipinski definition) is 8. The fourth-order valence-electron chi connectivity index (χ4n) is 5.03. The Bertz CT molecular complexity index is 1290. The van der Waals surface area contributed by atoms with Crippen molar-refractivity contribution in [1.29, 1.82) is 0 Å². The van der Waals surface area contributed by atoms with E-state index in [2.05, 4.69) is 105 Å². The zero-order chi connectivity index (χ0) is 41.8. The summed E-state index contributed by atoms with van der Waals surface area (Å²) in [6, 6.07) is 0. The van der Waals surface area contributed by atoms with Crippen molar-refractivity contribution in [3.05, 3.63) is 109 Å². The lowest BCUT2D eigenvalue weighted by atomic mass is 10.1. The van der Waals surface area contributed by atoms with Crippen molar-refractivity contribution in [2.24, 2.45) is 5.73 Å². The number of phosphoric acid groups is 1. The standard InChI is InChI=1S/C47H76NO8P/c1-3-5-7-9-11-13-15-17-18-19-20-21-22-23-24-25-26-28-29-31-33-35-37-39-46(49)53-43-45(44-55-57(51,52)54-42-41-48)56-47(50)40-38-36-34-32-30-27-16-14-12-10-8-6-4-2/h5,7,11,13,17-18,20-21,23-24,26-28,30-31,33-34,36,45H,3-4,6,8-10,12,14-16,19,22,25,29,32,35,37-44,48H2,1-2H3,(H,51,52)/b7-5+,13-11+,18-17+,21-20+,24-23+,28-26+,30-27+,33-31+,36-34+. The van der Waals surface area contributed by atoms with Crippen molar-refractivity contribution < 1.29 is 37.6 Å². The summed E-state index contributed by atoms with van der Waals surface area (Å²) in [7, 11) is -4.41. The zero-order valence-corrected chi connectivity index (χ0v) is 36.2. The van der Waals surface area contributed by atoms with Crippen LogP contribution < -0.4 is 5.73 Å². The molecule has 0 heterocycles. The molecule has 2 atom stereocenters. The minimum absolute atomic E-state index is 0.0318. The van der Waals surface area contributed by atoms with Crippen molar-refractivity contribution in [2.75, 3.05) is 26.4 Å². The van der Waals surface area contributed by atoms with Gasteiger partial charge in [-0.25, -0.2) is 4.57 Å². The maximum atomic E-state index is 12.5. The molecule has 0 aliphatic carbocycles. The van der Waals surface area contributed by atoms with E-state index in [-0.39, 0.29) is 32.6 Å². The first-order valence-electron chi connectivity index (χ1n) is 21.4. The van der Waals surface area contributed by atoms with E-state index in [0.29, 0.717) is 19.3 Å². The molecule has 322 valence electrons. The van der Waals surface area contributed by atoms with Gasteiger partial charge in [-0.3, -0.25) is 18.6 Å². The molecule has 0 aliphatic heterocycles. The third-order valence-corrected chi connectivity index (χ3v) is 9.14. The van der Waals surface area contributed by atoms with Gasteiger partial charge < -0.3 is 20.1 Å². The van der Waals surface area contributed by atoms with Crippen LogP contribution in [-0.4, -0.2) is 49.3 Å². The highest BCUT2D eigenvalue weighted by atomic mass is 31.2. The fourth-order valence-corrected chi connectivity index (χ4v) is 5.79. The van der Waals surface area contributed by atoms with Gasteiger partial charge in [-0.05, 0) is 83.5 Å². The van der Waals surface area contributed by atoms with Gasteiger partial charge in [-0.1, -0.05) is 155 Å². The van der Waals surface area contributed by atoms with Crippen LogP contribution >= 0.6 is 7.82 Å². The van der Waals surface area contributed by atoms with Gasteiger partial charge in [0.1, 0.15) is 6.61 Å². The molecule has 0 amide bonds. The molecule has 0 spiro atoms. The maximum Gasteiger partial charge on any atom is 0.472 e. The molecule has 0 aliphatic rings. The third kappa shape index (κ3) is 42.1. The summed E-state index contributed by atoms with van der Waals surface area (Å²) in [4.78, 5) is 34.8. The lowest BCUT2D eigenvalue weighted by Gasteiger charge is -2.19. The summed E-state index contributed by atoms with van der Waals surface area (Å²) in [5.41, 5.74) is 5.33. The van der Waals surface area contributed by atoms with Gasteiger partial charge in [-0.15, -0.1) is 0 Å². The number of carbonyl (C=O) groups is 2. The Balaban J connectivity index is 4.34. The van der Waals surface area contributed by atoms with Crippen molar-refractivity contribution >= 4 is 19.8 Å². The average Bonchev–Trinajstić information content (AvgIpc) is 3.20. The van der Waals surface area contributed by atoms with E-state index < -0.39 is 32.5 Å². The third-order valence-electron chi connectivity index (χ3n) is 8.16. The number of phosphoric ester groups is 1. The molecule has 0 aromatic rings. The van der Waals surface area contributed by atoms with E-state index in [9.17, 15) is 19.0 Å². The number of hydrogen-bond donors (Lipinski definition) is 2. The summed E-state index contributed by atoms with van der Waals surface area (Å²) in [6.07, 6.45) is 55.8. The molecule has 0 aromatic carbocycles. The number of carbonyl (C=O) groups excluding carboxylic acids is 2. The SMILES string of the molecule is CC/C=C/C/C=C/C/C=C/C/C=C/C/C=C/C/C=C/C/C=C/CCCC(=O)OCC(COP(=O)(O)OCCN)OC(=O)CC/C=C/C/C=C/CCCCCCCC. The number of nitrogens with two attached hydrogens (primary N) is 1. The molecule has 0 fully saturated rings. The first-order chi connectivity index (χ1) is 27.8. The number of esters is 2. The highest BCUT2D eigenvalue weighted by Crippen LogP contribution is 2.43. The van der Waals surface area contributed by atoms with Crippen LogP contribution in [0.4, 0.5) is 0 Å². The Hall–Kier alpha value is -3.33. The summed E-state index contributed by atoms with van der Waals surface area (Å²) in [5, 5.41) is 0. The van der Waals surface area contributed by atoms with E-state index in [1.807, 2.05) is 18.2 Å². The van der Waals surface area contributed by atoms with Crippen LogP contribution in [0.25, 0.3) is 0 Å². The summed E-state index contributed by atoms with van der Waals surface area (Å²) in [5.74, 6) is -0.990. The Kier molecular flexibility index (Phi) is 39.8. The van der Waals surface area contributed by atoms with Gasteiger partial charge in [0, 0.05) is 19.4 Å². The molecule has 0 aromatic heterocycles. The monoisotopic (exact) mass is 814 g/mol. The van der Waals surface area contributed by atoms with Crippen LogP contribution in [0.2, 0.25) is 0 Å².